The fourth-order valence-corrected chi connectivity index (χ4v) is 3.60. The molecule has 2 N–H and O–H groups in total. The van der Waals surface area contributed by atoms with Crippen molar-refractivity contribution in [1.29, 1.82) is 0 Å². The van der Waals surface area contributed by atoms with E-state index >= 15 is 0 Å². The van der Waals surface area contributed by atoms with Gasteiger partial charge in [0, 0.05) is 38.2 Å². The molecule has 0 aromatic carbocycles. The third-order valence-electron chi connectivity index (χ3n) is 5.29. The van der Waals surface area contributed by atoms with Crippen LogP contribution in [0, 0.1) is 0 Å². The summed E-state index contributed by atoms with van der Waals surface area (Å²) in [6, 6.07) is 10.0. The number of halogens is 1. The molecule has 3 aromatic heterocycles. The zero-order valence-electron chi connectivity index (χ0n) is 18.2. The second-order valence-corrected chi connectivity index (χ2v) is 8.15. The van der Waals surface area contributed by atoms with E-state index in [9.17, 15) is 9.59 Å². The van der Waals surface area contributed by atoms with Crippen LogP contribution in [-0.2, 0) is 0 Å². The molecule has 1 aliphatic rings. The molecule has 1 saturated heterocycles. The Morgan fingerprint density at radius 3 is 2.55 bits per heavy atom. The van der Waals surface area contributed by atoms with Crippen molar-refractivity contribution >= 4 is 40.7 Å². The molecule has 1 aliphatic heterocycles. The molecule has 0 aliphatic carbocycles. The number of hydrogen-bond donors (Lipinski definition) is 2. The molecule has 10 heteroatoms. The standard InChI is InChI=1S/C23H24ClN7O2/c1-30-10-3-11-31(13-12-30)20-8-5-16(14-27-20)22(32)28-18-4-2-9-25-21(18)23(33)29-19-7-6-17(24)15-26-19/h2,4-9,14-15H,3,10-13H2,1H3,(H,28,32)(H,26,29,33). The lowest BCUT2D eigenvalue weighted by Gasteiger charge is -2.21. The van der Waals surface area contributed by atoms with Gasteiger partial charge in [0.15, 0.2) is 5.69 Å². The summed E-state index contributed by atoms with van der Waals surface area (Å²) in [6.45, 7) is 3.86. The van der Waals surface area contributed by atoms with Crippen molar-refractivity contribution in [1.82, 2.24) is 19.9 Å². The summed E-state index contributed by atoms with van der Waals surface area (Å²) in [6.07, 6.45) is 5.53. The molecule has 4 heterocycles. The molecule has 0 bridgehead atoms. The van der Waals surface area contributed by atoms with E-state index in [0.29, 0.717) is 16.4 Å². The van der Waals surface area contributed by atoms with Gasteiger partial charge < -0.3 is 20.4 Å². The van der Waals surface area contributed by atoms with Crippen LogP contribution in [0.2, 0.25) is 5.02 Å². The number of hydrogen-bond acceptors (Lipinski definition) is 7. The minimum atomic E-state index is -0.500. The maximum absolute atomic E-state index is 12.8. The Bertz CT molecular complexity index is 1120. The van der Waals surface area contributed by atoms with Gasteiger partial charge in [-0.3, -0.25) is 9.59 Å². The molecule has 0 radical (unpaired) electrons. The molecule has 0 saturated carbocycles. The third-order valence-corrected chi connectivity index (χ3v) is 5.52. The summed E-state index contributed by atoms with van der Waals surface area (Å²) in [5.74, 6) is 0.294. The van der Waals surface area contributed by atoms with Crippen molar-refractivity contribution in [2.75, 3.05) is 48.8 Å². The summed E-state index contributed by atoms with van der Waals surface area (Å²) in [5.41, 5.74) is 0.745. The third kappa shape index (κ3) is 5.82. The van der Waals surface area contributed by atoms with E-state index in [0.717, 1.165) is 38.4 Å². The second kappa shape index (κ2) is 10.4. The van der Waals surface area contributed by atoms with Crippen LogP contribution in [0.4, 0.5) is 17.3 Å². The number of rotatable bonds is 5. The van der Waals surface area contributed by atoms with Crippen LogP contribution in [0.15, 0.2) is 55.0 Å². The Morgan fingerprint density at radius 1 is 0.909 bits per heavy atom. The average Bonchev–Trinajstić information content (AvgIpc) is 3.05. The Morgan fingerprint density at radius 2 is 1.79 bits per heavy atom. The van der Waals surface area contributed by atoms with E-state index in [1.807, 2.05) is 6.07 Å². The molecule has 0 atom stereocenters. The zero-order chi connectivity index (χ0) is 23.2. The molecular weight excluding hydrogens is 442 g/mol. The second-order valence-electron chi connectivity index (χ2n) is 7.72. The van der Waals surface area contributed by atoms with Gasteiger partial charge in [0.05, 0.1) is 16.3 Å². The highest BCUT2D eigenvalue weighted by Crippen LogP contribution is 2.18. The van der Waals surface area contributed by atoms with Crippen LogP contribution in [-0.4, -0.2) is 64.9 Å². The van der Waals surface area contributed by atoms with Crippen LogP contribution in [0.5, 0.6) is 0 Å². The van der Waals surface area contributed by atoms with Gasteiger partial charge in [0.25, 0.3) is 11.8 Å². The Labute approximate surface area is 196 Å². The van der Waals surface area contributed by atoms with Crippen LogP contribution in [0.1, 0.15) is 27.3 Å². The fraction of sp³-hybridized carbons (Fsp3) is 0.261. The monoisotopic (exact) mass is 465 g/mol. The molecule has 3 aromatic rings. The first-order valence-corrected chi connectivity index (χ1v) is 11.0. The molecule has 170 valence electrons. The SMILES string of the molecule is CN1CCCN(c2ccc(C(=O)Nc3cccnc3C(=O)Nc3ccc(Cl)cn3)cn2)CC1. The van der Waals surface area contributed by atoms with Gasteiger partial charge in [0.1, 0.15) is 11.6 Å². The van der Waals surface area contributed by atoms with E-state index in [1.54, 1.807) is 36.5 Å². The number of nitrogens with one attached hydrogen (secondary N) is 2. The average molecular weight is 466 g/mol. The van der Waals surface area contributed by atoms with Gasteiger partial charge in [-0.15, -0.1) is 0 Å². The number of carbonyl (C=O) groups excluding carboxylic acids is 2. The lowest BCUT2D eigenvalue weighted by molar-refractivity contribution is 0.102. The number of likely N-dealkylation sites (N-methyl/N-ethyl adjacent to an activating group) is 1. The Kier molecular flexibility index (Phi) is 7.11. The molecule has 0 spiro atoms. The predicted molar refractivity (Wildman–Crippen MR) is 128 cm³/mol. The van der Waals surface area contributed by atoms with E-state index in [4.69, 9.17) is 11.6 Å². The van der Waals surface area contributed by atoms with Gasteiger partial charge in [-0.2, -0.15) is 0 Å². The maximum Gasteiger partial charge on any atom is 0.277 e. The smallest absolute Gasteiger partial charge is 0.277 e. The molecule has 2 amide bonds. The lowest BCUT2D eigenvalue weighted by atomic mass is 10.2. The van der Waals surface area contributed by atoms with E-state index in [-0.39, 0.29) is 17.3 Å². The van der Waals surface area contributed by atoms with E-state index < -0.39 is 5.91 Å². The molecule has 33 heavy (non-hydrogen) atoms. The highest BCUT2D eigenvalue weighted by molar-refractivity contribution is 6.30. The minimum absolute atomic E-state index is 0.0702. The largest absolute Gasteiger partial charge is 0.355 e. The van der Waals surface area contributed by atoms with Gasteiger partial charge in [-0.25, -0.2) is 15.0 Å². The number of pyridine rings is 3. The van der Waals surface area contributed by atoms with Crippen LogP contribution >= 0.6 is 11.6 Å². The normalized spacial score (nSPS) is 14.4. The number of nitrogens with zero attached hydrogens (tertiary/aromatic N) is 5. The zero-order valence-corrected chi connectivity index (χ0v) is 18.9. The number of anilines is 3. The van der Waals surface area contributed by atoms with Gasteiger partial charge in [-0.05, 0) is 56.4 Å². The number of amides is 2. The Hall–Kier alpha value is -3.56. The van der Waals surface area contributed by atoms with E-state index in [2.05, 4.69) is 42.4 Å². The Balaban J connectivity index is 1.44. The molecule has 9 nitrogen and oxygen atoms in total. The molecule has 1 fully saturated rings. The van der Waals surface area contributed by atoms with Gasteiger partial charge in [-0.1, -0.05) is 11.6 Å². The highest BCUT2D eigenvalue weighted by atomic mass is 35.5. The maximum atomic E-state index is 12.8. The lowest BCUT2D eigenvalue weighted by Crippen LogP contribution is -2.29. The van der Waals surface area contributed by atoms with Gasteiger partial charge >= 0.3 is 0 Å². The minimum Gasteiger partial charge on any atom is -0.355 e. The summed E-state index contributed by atoms with van der Waals surface area (Å²) in [7, 11) is 2.11. The van der Waals surface area contributed by atoms with Crippen LogP contribution in [0.25, 0.3) is 0 Å². The van der Waals surface area contributed by atoms with Crippen LogP contribution in [0.3, 0.4) is 0 Å². The van der Waals surface area contributed by atoms with E-state index in [1.165, 1.54) is 12.4 Å². The van der Waals surface area contributed by atoms with Crippen molar-refractivity contribution in [3.8, 4) is 0 Å². The summed E-state index contributed by atoms with van der Waals surface area (Å²) < 4.78 is 0. The molecule has 0 unspecified atom stereocenters. The molecule has 4 rings (SSSR count). The van der Waals surface area contributed by atoms with Crippen molar-refractivity contribution in [2.45, 2.75) is 6.42 Å². The van der Waals surface area contributed by atoms with Crippen LogP contribution < -0.4 is 15.5 Å². The number of carbonyl (C=O) groups is 2. The van der Waals surface area contributed by atoms with Crippen molar-refractivity contribution < 1.29 is 9.59 Å². The first-order chi connectivity index (χ1) is 16.0. The van der Waals surface area contributed by atoms with Crippen molar-refractivity contribution in [2.24, 2.45) is 0 Å². The fourth-order valence-electron chi connectivity index (χ4n) is 3.49. The summed E-state index contributed by atoms with van der Waals surface area (Å²) >= 11 is 5.83. The topological polar surface area (TPSA) is 103 Å². The number of aromatic nitrogens is 3. The van der Waals surface area contributed by atoms with Crippen molar-refractivity contribution in [3.63, 3.8) is 0 Å². The summed E-state index contributed by atoms with van der Waals surface area (Å²) in [4.78, 5) is 42.7. The quantitative estimate of drug-likeness (QED) is 0.596. The van der Waals surface area contributed by atoms with Gasteiger partial charge in [0.2, 0.25) is 0 Å². The predicted octanol–water partition coefficient (Wildman–Crippen LogP) is 3.17. The first-order valence-electron chi connectivity index (χ1n) is 10.6. The summed E-state index contributed by atoms with van der Waals surface area (Å²) in [5, 5.41) is 5.86. The first kappa shape index (κ1) is 22.6. The molecular formula is C23H24ClN7O2. The van der Waals surface area contributed by atoms with Crippen molar-refractivity contribution in [3.05, 3.63) is 71.3 Å². The highest BCUT2D eigenvalue weighted by Gasteiger charge is 2.18.